The van der Waals surface area contributed by atoms with Gasteiger partial charge in [0, 0.05) is 36.4 Å². The van der Waals surface area contributed by atoms with E-state index in [1.54, 1.807) is 0 Å². The Morgan fingerprint density at radius 3 is 2.89 bits per heavy atom. The van der Waals surface area contributed by atoms with Crippen molar-refractivity contribution in [2.24, 2.45) is 0 Å². The first-order valence-electron chi connectivity index (χ1n) is 6.88. The summed E-state index contributed by atoms with van der Waals surface area (Å²) in [5.74, 6) is 0. The van der Waals surface area contributed by atoms with Crippen molar-refractivity contribution >= 4 is 16.6 Å². The number of rotatable bonds is 4. The van der Waals surface area contributed by atoms with Gasteiger partial charge in [0.05, 0.1) is 5.52 Å². The van der Waals surface area contributed by atoms with Crippen LogP contribution in [0.25, 0.3) is 10.9 Å². The van der Waals surface area contributed by atoms with E-state index in [4.69, 9.17) is 5.73 Å². The van der Waals surface area contributed by atoms with Crippen molar-refractivity contribution in [1.82, 2.24) is 9.88 Å². The summed E-state index contributed by atoms with van der Waals surface area (Å²) in [6.45, 7) is 4.13. The molecule has 18 heavy (non-hydrogen) atoms. The van der Waals surface area contributed by atoms with Crippen LogP contribution in [0.2, 0.25) is 0 Å². The van der Waals surface area contributed by atoms with Gasteiger partial charge in [0.2, 0.25) is 0 Å². The fourth-order valence-corrected chi connectivity index (χ4v) is 2.65. The lowest BCUT2D eigenvalue weighted by molar-refractivity contribution is 0.338. The highest BCUT2D eigenvalue weighted by molar-refractivity contribution is 5.86. The zero-order valence-electron chi connectivity index (χ0n) is 10.9. The van der Waals surface area contributed by atoms with E-state index in [0.29, 0.717) is 0 Å². The van der Waals surface area contributed by atoms with E-state index in [1.807, 2.05) is 6.07 Å². The Balaban J connectivity index is 1.90. The van der Waals surface area contributed by atoms with Crippen LogP contribution in [-0.4, -0.2) is 10.6 Å². The highest BCUT2D eigenvalue weighted by Crippen LogP contribution is 2.25. The van der Waals surface area contributed by atoms with Crippen molar-refractivity contribution in [3.05, 3.63) is 30.0 Å². The van der Waals surface area contributed by atoms with Crippen LogP contribution in [0.15, 0.2) is 24.4 Å². The first kappa shape index (κ1) is 11.6. The molecule has 0 saturated heterocycles. The number of benzene rings is 1. The second-order valence-corrected chi connectivity index (χ2v) is 5.23. The molecule has 1 fully saturated rings. The summed E-state index contributed by atoms with van der Waals surface area (Å²) in [6.07, 6.45) is 6.30. The van der Waals surface area contributed by atoms with E-state index in [0.717, 1.165) is 24.8 Å². The van der Waals surface area contributed by atoms with Crippen molar-refractivity contribution in [3.8, 4) is 0 Å². The van der Waals surface area contributed by atoms with Crippen molar-refractivity contribution in [2.75, 3.05) is 5.73 Å². The lowest BCUT2D eigenvalue weighted by Gasteiger charge is -2.26. The Morgan fingerprint density at radius 1 is 1.39 bits per heavy atom. The normalized spacial score (nSPS) is 16.1. The summed E-state index contributed by atoms with van der Waals surface area (Å²) < 4.78 is 2.28. The molecule has 2 aromatic rings. The lowest BCUT2D eigenvalue weighted by Crippen LogP contribution is -2.34. The average Bonchev–Trinajstić information content (AvgIpc) is 2.65. The summed E-state index contributed by atoms with van der Waals surface area (Å²) in [6, 6.07) is 6.95. The van der Waals surface area contributed by atoms with Crippen LogP contribution in [0.3, 0.4) is 0 Å². The van der Waals surface area contributed by atoms with Crippen molar-refractivity contribution in [3.63, 3.8) is 0 Å². The predicted molar refractivity (Wildman–Crippen MR) is 76.5 cm³/mol. The number of nitrogens with one attached hydrogen (secondary N) is 1. The molecule has 3 N–H and O–H groups in total. The van der Waals surface area contributed by atoms with Crippen LogP contribution in [0.5, 0.6) is 0 Å². The number of anilines is 1. The maximum atomic E-state index is 5.88. The van der Waals surface area contributed by atoms with Gasteiger partial charge >= 0.3 is 0 Å². The van der Waals surface area contributed by atoms with Crippen molar-refractivity contribution < 1.29 is 0 Å². The molecule has 0 unspecified atom stereocenters. The molecule has 0 bridgehead atoms. The molecule has 3 nitrogen and oxygen atoms in total. The van der Waals surface area contributed by atoms with Gasteiger partial charge in [0.25, 0.3) is 0 Å². The monoisotopic (exact) mass is 243 g/mol. The first-order chi connectivity index (χ1) is 8.78. The largest absolute Gasteiger partial charge is 0.399 e. The molecular formula is C15H21N3. The third-order valence-corrected chi connectivity index (χ3v) is 4.02. The number of hydrogen-bond acceptors (Lipinski definition) is 2. The minimum atomic E-state index is 0.735. The van der Waals surface area contributed by atoms with Gasteiger partial charge in [-0.25, -0.2) is 0 Å². The van der Waals surface area contributed by atoms with E-state index in [1.165, 1.54) is 35.7 Å². The van der Waals surface area contributed by atoms with Gasteiger partial charge in [-0.15, -0.1) is 0 Å². The van der Waals surface area contributed by atoms with E-state index < -0.39 is 0 Å². The number of aromatic nitrogens is 1. The molecule has 0 spiro atoms. The number of fused-ring (bicyclic) bond motifs is 1. The minimum absolute atomic E-state index is 0.735. The van der Waals surface area contributed by atoms with Gasteiger partial charge in [0.15, 0.2) is 0 Å². The smallest absolute Gasteiger partial charge is 0.0504 e. The molecule has 3 rings (SSSR count). The van der Waals surface area contributed by atoms with Crippen LogP contribution in [0.1, 0.15) is 31.7 Å². The molecular weight excluding hydrogens is 222 g/mol. The summed E-state index contributed by atoms with van der Waals surface area (Å²) in [4.78, 5) is 0. The van der Waals surface area contributed by atoms with Crippen LogP contribution < -0.4 is 11.1 Å². The van der Waals surface area contributed by atoms with Crippen LogP contribution in [0.4, 0.5) is 5.69 Å². The van der Waals surface area contributed by atoms with Gasteiger partial charge in [-0.2, -0.15) is 0 Å². The van der Waals surface area contributed by atoms with E-state index in [-0.39, 0.29) is 0 Å². The average molecular weight is 243 g/mol. The number of aryl methyl sites for hydroxylation is 1. The maximum Gasteiger partial charge on any atom is 0.0504 e. The Labute approximate surface area is 108 Å². The Kier molecular flexibility index (Phi) is 3.00. The number of nitrogen functional groups attached to an aromatic ring is 1. The molecule has 0 amide bonds. The zero-order valence-corrected chi connectivity index (χ0v) is 10.9. The third kappa shape index (κ3) is 1.99. The second kappa shape index (κ2) is 4.65. The summed E-state index contributed by atoms with van der Waals surface area (Å²) in [5, 5.41) is 4.97. The molecule has 0 aliphatic heterocycles. The Hall–Kier alpha value is -1.48. The molecule has 1 aromatic carbocycles. The molecule has 1 heterocycles. The van der Waals surface area contributed by atoms with Gasteiger partial charge in [-0.3, -0.25) is 0 Å². The minimum Gasteiger partial charge on any atom is -0.399 e. The topological polar surface area (TPSA) is 43.0 Å². The fourth-order valence-electron chi connectivity index (χ4n) is 2.65. The zero-order chi connectivity index (χ0) is 12.5. The lowest BCUT2D eigenvalue weighted by atomic mass is 9.93. The van der Waals surface area contributed by atoms with Crippen molar-refractivity contribution in [2.45, 2.75) is 45.3 Å². The Morgan fingerprint density at radius 2 is 2.22 bits per heavy atom. The van der Waals surface area contributed by atoms with Crippen LogP contribution >= 0.6 is 0 Å². The molecule has 0 atom stereocenters. The molecule has 1 saturated carbocycles. The van der Waals surface area contributed by atoms with Gasteiger partial charge in [-0.05, 0) is 37.5 Å². The molecule has 96 valence electrons. The number of hydrogen-bond donors (Lipinski definition) is 2. The van der Waals surface area contributed by atoms with E-state index >= 15 is 0 Å². The molecule has 1 aliphatic rings. The van der Waals surface area contributed by atoms with Crippen molar-refractivity contribution in [1.29, 1.82) is 0 Å². The molecule has 1 aromatic heterocycles. The molecule has 0 radical (unpaired) electrons. The summed E-state index contributed by atoms with van der Waals surface area (Å²) in [7, 11) is 0. The summed E-state index contributed by atoms with van der Waals surface area (Å²) >= 11 is 0. The maximum absolute atomic E-state index is 5.88. The fraction of sp³-hybridized carbons (Fsp3) is 0.467. The van der Waals surface area contributed by atoms with Gasteiger partial charge in [0.1, 0.15) is 0 Å². The van der Waals surface area contributed by atoms with Crippen LogP contribution in [-0.2, 0) is 13.1 Å². The van der Waals surface area contributed by atoms with E-state index in [2.05, 4.69) is 35.1 Å². The predicted octanol–water partition coefficient (Wildman–Crippen LogP) is 2.89. The molecule has 1 aliphatic carbocycles. The van der Waals surface area contributed by atoms with Crippen LogP contribution in [0, 0.1) is 0 Å². The summed E-state index contributed by atoms with van der Waals surface area (Å²) in [5.41, 5.74) is 9.36. The van der Waals surface area contributed by atoms with E-state index in [9.17, 15) is 0 Å². The van der Waals surface area contributed by atoms with Gasteiger partial charge < -0.3 is 15.6 Å². The standard InChI is InChI=1S/C15H21N3/c1-2-18-10-11(9-17-13-4-3-5-13)14-7-6-12(16)8-15(14)18/h6-8,10,13,17H,2-5,9,16H2,1H3. The molecule has 3 heteroatoms. The quantitative estimate of drug-likeness (QED) is 0.811. The highest BCUT2D eigenvalue weighted by atomic mass is 15.0. The SMILES string of the molecule is CCn1cc(CNC2CCC2)c2ccc(N)cc21. The van der Waals surface area contributed by atoms with Gasteiger partial charge in [-0.1, -0.05) is 12.5 Å². The second-order valence-electron chi connectivity index (χ2n) is 5.23. The third-order valence-electron chi connectivity index (χ3n) is 4.02. The first-order valence-corrected chi connectivity index (χ1v) is 6.88. The Bertz CT molecular complexity index is 552. The highest BCUT2D eigenvalue weighted by Gasteiger charge is 2.17. The number of nitrogens with two attached hydrogens (primary N) is 1. The number of nitrogens with zero attached hydrogens (tertiary/aromatic N) is 1.